The van der Waals surface area contributed by atoms with E-state index in [0.29, 0.717) is 0 Å². The van der Waals surface area contributed by atoms with Crippen LogP contribution in [-0.4, -0.2) is 26.8 Å². The molecule has 1 rings (SSSR count). The monoisotopic (exact) mass is 253 g/mol. The molecule has 5 nitrogen and oxygen atoms in total. The van der Waals surface area contributed by atoms with Crippen molar-refractivity contribution in [3.05, 3.63) is 5.82 Å². The van der Waals surface area contributed by atoms with Gasteiger partial charge in [-0.05, 0) is 49.6 Å². The SMILES string of the molecule is CCCNC(C)c1nnnn1C(CC)(CC)CC. The molecule has 0 aliphatic carbocycles. The van der Waals surface area contributed by atoms with Crippen LogP contribution < -0.4 is 5.32 Å². The van der Waals surface area contributed by atoms with Crippen LogP contribution in [0.2, 0.25) is 0 Å². The molecule has 0 spiro atoms. The van der Waals surface area contributed by atoms with Crippen LogP contribution in [-0.2, 0) is 5.54 Å². The largest absolute Gasteiger partial charge is 0.307 e. The first kappa shape index (κ1) is 15.1. The molecule has 1 heterocycles. The van der Waals surface area contributed by atoms with Gasteiger partial charge in [0.1, 0.15) is 0 Å². The van der Waals surface area contributed by atoms with Gasteiger partial charge in [-0.1, -0.05) is 27.7 Å². The van der Waals surface area contributed by atoms with Crippen molar-refractivity contribution >= 4 is 0 Å². The Kier molecular flexibility index (Phi) is 5.72. The van der Waals surface area contributed by atoms with Gasteiger partial charge in [0.25, 0.3) is 0 Å². The summed E-state index contributed by atoms with van der Waals surface area (Å²) in [5, 5.41) is 15.8. The van der Waals surface area contributed by atoms with Gasteiger partial charge in [-0.2, -0.15) is 0 Å². The van der Waals surface area contributed by atoms with Gasteiger partial charge in [-0.3, -0.25) is 0 Å². The Labute approximate surface area is 110 Å². The van der Waals surface area contributed by atoms with Gasteiger partial charge in [0.15, 0.2) is 5.82 Å². The van der Waals surface area contributed by atoms with Crippen LogP contribution >= 0.6 is 0 Å². The molecule has 1 unspecified atom stereocenters. The van der Waals surface area contributed by atoms with E-state index in [4.69, 9.17) is 0 Å². The Bertz CT molecular complexity index is 335. The van der Waals surface area contributed by atoms with Gasteiger partial charge >= 0.3 is 0 Å². The molecular formula is C13H27N5. The molecule has 0 saturated heterocycles. The second kappa shape index (κ2) is 6.83. The van der Waals surface area contributed by atoms with Crippen LogP contribution in [0, 0.1) is 0 Å². The Morgan fingerprint density at radius 1 is 1.17 bits per heavy atom. The second-order valence-corrected chi connectivity index (χ2v) is 4.91. The fourth-order valence-corrected chi connectivity index (χ4v) is 2.45. The Balaban J connectivity index is 2.99. The third-order valence-corrected chi connectivity index (χ3v) is 4.01. The molecular weight excluding hydrogens is 226 g/mol. The molecule has 1 aromatic rings. The van der Waals surface area contributed by atoms with Crippen LogP contribution in [0.4, 0.5) is 0 Å². The van der Waals surface area contributed by atoms with E-state index in [0.717, 1.165) is 38.1 Å². The maximum Gasteiger partial charge on any atom is 0.168 e. The Morgan fingerprint density at radius 3 is 2.28 bits per heavy atom. The van der Waals surface area contributed by atoms with E-state index < -0.39 is 0 Å². The zero-order chi connectivity index (χ0) is 13.6. The number of nitrogens with one attached hydrogen (secondary N) is 1. The lowest BCUT2D eigenvalue weighted by molar-refractivity contribution is 0.208. The zero-order valence-electron chi connectivity index (χ0n) is 12.4. The highest BCUT2D eigenvalue weighted by atomic mass is 15.6. The Morgan fingerprint density at radius 2 is 1.78 bits per heavy atom. The van der Waals surface area contributed by atoms with E-state index in [1.807, 2.05) is 4.68 Å². The third-order valence-electron chi connectivity index (χ3n) is 4.01. The van der Waals surface area contributed by atoms with E-state index in [9.17, 15) is 0 Å². The number of nitrogens with zero attached hydrogens (tertiary/aromatic N) is 4. The molecule has 0 bridgehead atoms. The highest BCUT2D eigenvalue weighted by Gasteiger charge is 2.31. The van der Waals surface area contributed by atoms with Crippen molar-refractivity contribution in [2.75, 3.05) is 6.54 Å². The summed E-state index contributed by atoms with van der Waals surface area (Å²) in [6.45, 7) is 11.9. The summed E-state index contributed by atoms with van der Waals surface area (Å²) in [6.07, 6.45) is 4.28. The van der Waals surface area contributed by atoms with E-state index in [1.54, 1.807) is 0 Å². The summed E-state index contributed by atoms with van der Waals surface area (Å²) in [5.41, 5.74) is 0.0565. The number of aromatic nitrogens is 4. The lowest BCUT2D eigenvalue weighted by Gasteiger charge is -2.32. The first-order valence-corrected chi connectivity index (χ1v) is 7.17. The summed E-state index contributed by atoms with van der Waals surface area (Å²) in [4.78, 5) is 0. The molecule has 0 fully saturated rings. The topological polar surface area (TPSA) is 55.6 Å². The molecule has 0 aliphatic rings. The summed E-state index contributed by atoms with van der Waals surface area (Å²) >= 11 is 0. The number of tetrazole rings is 1. The lowest BCUT2D eigenvalue weighted by Crippen LogP contribution is -2.36. The number of rotatable bonds is 8. The summed E-state index contributed by atoms with van der Waals surface area (Å²) in [5.74, 6) is 0.953. The van der Waals surface area contributed by atoms with E-state index in [1.165, 1.54) is 0 Å². The quantitative estimate of drug-likeness (QED) is 0.774. The van der Waals surface area contributed by atoms with Gasteiger partial charge < -0.3 is 5.32 Å². The maximum absolute atomic E-state index is 4.25. The molecule has 1 N–H and O–H groups in total. The van der Waals surface area contributed by atoms with Gasteiger partial charge in [0.2, 0.25) is 0 Å². The molecule has 0 saturated carbocycles. The van der Waals surface area contributed by atoms with Gasteiger partial charge in [-0.25, -0.2) is 4.68 Å². The number of hydrogen-bond donors (Lipinski definition) is 1. The van der Waals surface area contributed by atoms with Crippen molar-refractivity contribution in [2.24, 2.45) is 0 Å². The molecule has 0 aliphatic heterocycles. The second-order valence-electron chi connectivity index (χ2n) is 4.91. The van der Waals surface area contributed by atoms with Crippen molar-refractivity contribution in [1.82, 2.24) is 25.5 Å². The predicted octanol–water partition coefficient (Wildman–Crippen LogP) is 2.66. The van der Waals surface area contributed by atoms with Crippen molar-refractivity contribution < 1.29 is 0 Å². The minimum absolute atomic E-state index is 0.0565. The summed E-state index contributed by atoms with van der Waals surface area (Å²) in [7, 11) is 0. The molecule has 0 amide bonds. The summed E-state index contributed by atoms with van der Waals surface area (Å²) < 4.78 is 2.04. The number of hydrogen-bond acceptors (Lipinski definition) is 4. The minimum atomic E-state index is 0.0565. The summed E-state index contributed by atoms with van der Waals surface area (Å²) in [6, 6.07) is 0.198. The predicted molar refractivity (Wildman–Crippen MR) is 73.4 cm³/mol. The molecule has 18 heavy (non-hydrogen) atoms. The van der Waals surface area contributed by atoms with E-state index in [-0.39, 0.29) is 11.6 Å². The normalized spacial score (nSPS) is 13.8. The average Bonchev–Trinajstić information content (AvgIpc) is 2.89. The molecule has 0 radical (unpaired) electrons. The van der Waals surface area contributed by atoms with Crippen LogP contribution in [0.3, 0.4) is 0 Å². The lowest BCUT2D eigenvalue weighted by atomic mass is 9.89. The zero-order valence-corrected chi connectivity index (χ0v) is 12.4. The van der Waals surface area contributed by atoms with Gasteiger partial charge in [0.05, 0.1) is 11.6 Å². The minimum Gasteiger partial charge on any atom is -0.307 e. The smallest absolute Gasteiger partial charge is 0.168 e. The molecule has 0 aromatic carbocycles. The molecule has 104 valence electrons. The highest BCUT2D eigenvalue weighted by Crippen LogP contribution is 2.30. The van der Waals surface area contributed by atoms with Gasteiger partial charge in [-0.15, -0.1) is 5.10 Å². The fourth-order valence-electron chi connectivity index (χ4n) is 2.45. The van der Waals surface area contributed by atoms with Crippen molar-refractivity contribution in [2.45, 2.75) is 71.9 Å². The molecule has 1 atom stereocenters. The van der Waals surface area contributed by atoms with E-state index in [2.05, 4.69) is 55.5 Å². The first-order chi connectivity index (χ1) is 8.65. The van der Waals surface area contributed by atoms with Crippen molar-refractivity contribution in [1.29, 1.82) is 0 Å². The molecule has 1 aromatic heterocycles. The fraction of sp³-hybridized carbons (Fsp3) is 0.923. The van der Waals surface area contributed by atoms with Crippen LogP contribution in [0.1, 0.15) is 72.2 Å². The van der Waals surface area contributed by atoms with Crippen molar-refractivity contribution in [3.63, 3.8) is 0 Å². The molecule has 5 heteroatoms. The highest BCUT2D eigenvalue weighted by molar-refractivity contribution is 4.96. The Hall–Kier alpha value is -0.970. The van der Waals surface area contributed by atoms with Crippen molar-refractivity contribution in [3.8, 4) is 0 Å². The van der Waals surface area contributed by atoms with Crippen LogP contribution in [0.15, 0.2) is 0 Å². The van der Waals surface area contributed by atoms with Gasteiger partial charge in [0, 0.05) is 0 Å². The van der Waals surface area contributed by atoms with Crippen LogP contribution in [0.5, 0.6) is 0 Å². The standard InChI is InChI=1S/C13H27N5/c1-6-10-14-11(5)12-15-16-17-18(12)13(7-2,8-3)9-4/h11,14H,6-10H2,1-5H3. The average molecular weight is 253 g/mol. The first-order valence-electron chi connectivity index (χ1n) is 7.17. The third kappa shape index (κ3) is 2.88. The van der Waals surface area contributed by atoms with E-state index >= 15 is 0 Å². The van der Waals surface area contributed by atoms with Crippen LogP contribution in [0.25, 0.3) is 0 Å². The maximum atomic E-state index is 4.25.